The molecule has 0 saturated carbocycles. The number of unbranched alkanes of at least 4 members (excludes halogenated alkanes) is 15. The number of rotatable bonds is 24. The van der Waals surface area contributed by atoms with Gasteiger partial charge in [-0.1, -0.05) is 127 Å². The highest BCUT2D eigenvalue weighted by Crippen LogP contribution is 2.13. The fourth-order valence-electron chi connectivity index (χ4n) is 4.42. The SMILES string of the molecule is CCCCCCCCCCCCCCCCCC(=O)NCCCC[C@H](N)C(=O)OCc1ccccc1. The minimum absolute atomic E-state index is 0.135. The van der Waals surface area contributed by atoms with Crippen LogP contribution in [0.3, 0.4) is 0 Å². The molecular weight excluding hydrogens is 448 g/mol. The van der Waals surface area contributed by atoms with E-state index in [1.165, 1.54) is 83.5 Å². The summed E-state index contributed by atoms with van der Waals surface area (Å²) < 4.78 is 5.27. The van der Waals surface area contributed by atoms with Crippen molar-refractivity contribution in [2.24, 2.45) is 5.73 Å². The Labute approximate surface area is 221 Å². The average Bonchev–Trinajstić information content (AvgIpc) is 2.89. The Hall–Kier alpha value is -1.88. The van der Waals surface area contributed by atoms with E-state index >= 15 is 0 Å². The van der Waals surface area contributed by atoms with Crippen molar-refractivity contribution in [3.8, 4) is 0 Å². The van der Waals surface area contributed by atoms with E-state index in [4.69, 9.17) is 10.5 Å². The first-order chi connectivity index (χ1) is 17.6. The van der Waals surface area contributed by atoms with Gasteiger partial charge in [0.15, 0.2) is 0 Å². The van der Waals surface area contributed by atoms with Crippen molar-refractivity contribution in [1.82, 2.24) is 5.32 Å². The molecule has 0 spiro atoms. The van der Waals surface area contributed by atoms with Gasteiger partial charge in [-0.3, -0.25) is 9.59 Å². The number of esters is 1. The summed E-state index contributed by atoms with van der Waals surface area (Å²) in [6, 6.07) is 8.98. The number of carbonyl (C=O) groups excluding carboxylic acids is 2. The maximum absolute atomic E-state index is 12.0. The molecular formula is C31H54N2O3. The molecule has 0 aromatic heterocycles. The van der Waals surface area contributed by atoms with Gasteiger partial charge >= 0.3 is 5.97 Å². The van der Waals surface area contributed by atoms with Crippen molar-refractivity contribution in [3.63, 3.8) is 0 Å². The van der Waals surface area contributed by atoms with Gasteiger partial charge in [0.1, 0.15) is 12.6 Å². The van der Waals surface area contributed by atoms with Crippen molar-refractivity contribution in [2.75, 3.05) is 6.54 Å². The van der Waals surface area contributed by atoms with Crippen LogP contribution < -0.4 is 11.1 Å². The van der Waals surface area contributed by atoms with Gasteiger partial charge in [0.25, 0.3) is 0 Å². The second-order valence-electron chi connectivity index (χ2n) is 10.2. The van der Waals surface area contributed by atoms with Gasteiger partial charge in [-0.25, -0.2) is 0 Å². The second-order valence-corrected chi connectivity index (χ2v) is 10.2. The van der Waals surface area contributed by atoms with E-state index in [9.17, 15) is 9.59 Å². The Morgan fingerprint density at radius 3 is 1.83 bits per heavy atom. The van der Waals surface area contributed by atoms with Gasteiger partial charge in [0.05, 0.1) is 0 Å². The van der Waals surface area contributed by atoms with Crippen LogP contribution in [0.1, 0.15) is 134 Å². The van der Waals surface area contributed by atoms with Crippen LogP contribution in [0, 0.1) is 0 Å². The summed E-state index contributed by atoms with van der Waals surface area (Å²) in [6.07, 6.45) is 22.8. The highest BCUT2D eigenvalue weighted by Gasteiger charge is 2.14. The van der Waals surface area contributed by atoms with Crippen LogP contribution in [0.2, 0.25) is 0 Å². The number of nitrogens with two attached hydrogens (primary N) is 1. The molecule has 1 amide bonds. The van der Waals surface area contributed by atoms with Crippen molar-refractivity contribution in [2.45, 2.75) is 142 Å². The third kappa shape index (κ3) is 19.3. The van der Waals surface area contributed by atoms with Gasteiger partial charge in [0.2, 0.25) is 5.91 Å². The maximum atomic E-state index is 12.0. The van der Waals surface area contributed by atoms with Crippen molar-refractivity contribution < 1.29 is 14.3 Å². The molecule has 1 atom stereocenters. The summed E-state index contributed by atoms with van der Waals surface area (Å²) in [6.45, 7) is 3.17. The first-order valence-electron chi connectivity index (χ1n) is 14.9. The molecule has 5 nitrogen and oxygen atoms in total. The summed E-state index contributed by atoms with van der Waals surface area (Å²) in [5.74, 6) is -0.229. The van der Waals surface area contributed by atoms with Crippen molar-refractivity contribution in [1.29, 1.82) is 0 Å². The first kappa shape index (κ1) is 32.1. The third-order valence-corrected chi connectivity index (χ3v) is 6.80. The Kier molecular flexibility index (Phi) is 21.0. The molecule has 1 aromatic rings. The Balaban J connectivity index is 1.83. The van der Waals surface area contributed by atoms with Crippen LogP contribution in [-0.2, 0) is 20.9 Å². The van der Waals surface area contributed by atoms with E-state index in [0.717, 1.165) is 31.2 Å². The quantitative estimate of drug-likeness (QED) is 0.113. The molecule has 206 valence electrons. The third-order valence-electron chi connectivity index (χ3n) is 6.80. The van der Waals surface area contributed by atoms with Gasteiger partial charge in [0, 0.05) is 13.0 Å². The van der Waals surface area contributed by atoms with E-state index in [2.05, 4.69) is 12.2 Å². The predicted octanol–water partition coefficient (Wildman–Crippen LogP) is 7.61. The number of amides is 1. The van der Waals surface area contributed by atoms with Crippen LogP contribution >= 0.6 is 0 Å². The molecule has 0 saturated heterocycles. The lowest BCUT2D eigenvalue weighted by molar-refractivity contribution is -0.146. The zero-order valence-electron chi connectivity index (χ0n) is 23.1. The monoisotopic (exact) mass is 502 g/mol. The zero-order valence-corrected chi connectivity index (χ0v) is 23.1. The number of ether oxygens (including phenoxy) is 1. The minimum atomic E-state index is -0.607. The van der Waals surface area contributed by atoms with E-state index in [1.807, 2.05) is 30.3 Å². The lowest BCUT2D eigenvalue weighted by atomic mass is 10.0. The molecule has 0 aliphatic rings. The van der Waals surface area contributed by atoms with E-state index in [1.54, 1.807) is 0 Å². The molecule has 0 unspecified atom stereocenters. The Morgan fingerprint density at radius 1 is 0.750 bits per heavy atom. The molecule has 3 N–H and O–H groups in total. The molecule has 0 aliphatic heterocycles. The minimum Gasteiger partial charge on any atom is -0.460 e. The number of benzene rings is 1. The predicted molar refractivity (Wildman–Crippen MR) is 151 cm³/mol. The molecule has 0 aliphatic carbocycles. The standard InChI is InChI=1S/C31H54N2O3/c1-2-3-4-5-6-7-8-9-10-11-12-13-14-15-19-25-30(34)33-26-21-20-24-29(32)31(35)36-27-28-22-17-16-18-23-28/h16-18,22-23,29H,2-15,19-21,24-27,32H2,1H3,(H,33,34)/t29-/m0/s1. The smallest absolute Gasteiger partial charge is 0.323 e. The molecule has 0 radical (unpaired) electrons. The van der Waals surface area contributed by atoms with Crippen LogP contribution in [0.15, 0.2) is 30.3 Å². The molecule has 0 heterocycles. The maximum Gasteiger partial charge on any atom is 0.323 e. The second kappa shape index (κ2) is 23.5. The lowest BCUT2D eigenvalue weighted by Crippen LogP contribution is -2.32. The summed E-state index contributed by atoms with van der Waals surface area (Å²) in [4.78, 5) is 24.0. The highest BCUT2D eigenvalue weighted by atomic mass is 16.5. The van der Waals surface area contributed by atoms with Crippen molar-refractivity contribution in [3.05, 3.63) is 35.9 Å². The number of hydrogen-bond donors (Lipinski definition) is 2. The molecule has 0 bridgehead atoms. The lowest BCUT2D eigenvalue weighted by Gasteiger charge is -2.12. The van der Waals surface area contributed by atoms with Crippen LogP contribution in [0.4, 0.5) is 0 Å². The van der Waals surface area contributed by atoms with Gasteiger partial charge in [-0.05, 0) is 31.2 Å². The van der Waals surface area contributed by atoms with Gasteiger partial charge in [-0.15, -0.1) is 0 Å². The fraction of sp³-hybridized carbons (Fsp3) is 0.742. The summed E-state index contributed by atoms with van der Waals surface area (Å²) >= 11 is 0. The summed E-state index contributed by atoms with van der Waals surface area (Å²) in [5, 5.41) is 2.99. The highest BCUT2D eigenvalue weighted by molar-refractivity contribution is 5.76. The van der Waals surface area contributed by atoms with E-state index in [-0.39, 0.29) is 18.5 Å². The molecule has 1 rings (SSSR count). The largest absolute Gasteiger partial charge is 0.460 e. The molecule has 36 heavy (non-hydrogen) atoms. The Bertz CT molecular complexity index is 650. The van der Waals surface area contributed by atoms with Gasteiger partial charge < -0.3 is 15.8 Å². The number of carbonyl (C=O) groups is 2. The van der Waals surface area contributed by atoms with E-state index < -0.39 is 6.04 Å². The number of nitrogens with one attached hydrogen (secondary N) is 1. The van der Waals surface area contributed by atoms with Crippen LogP contribution in [0.25, 0.3) is 0 Å². The molecule has 0 fully saturated rings. The van der Waals surface area contributed by atoms with Crippen LogP contribution in [-0.4, -0.2) is 24.5 Å². The average molecular weight is 503 g/mol. The normalized spacial score (nSPS) is 11.8. The van der Waals surface area contributed by atoms with Crippen molar-refractivity contribution >= 4 is 11.9 Å². The fourth-order valence-corrected chi connectivity index (χ4v) is 4.42. The summed E-state index contributed by atoms with van der Waals surface area (Å²) in [7, 11) is 0. The molecule has 5 heteroatoms. The molecule has 1 aromatic carbocycles. The zero-order chi connectivity index (χ0) is 26.1. The summed E-state index contributed by atoms with van der Waals surface area (Å²) in [5.41, 5.74) is 6.89. The van der Waals surface area contributed by atoms with Crippen LogP contribution in [0.5, 0.6) is 0 Å². The van der Waals surface area contributed by atoms with E-state index in [0.29, 0.717) is 19.4 Å². The first-order valence-corrected chi connectivity index (χ1v) is 14.9. The van der Waals surface area contributed by atoms with Gasteiger partial charge in [-0.2, -0.15) is 0 Å². The number of hydrogen-bond acceptors (Lipinski definition) is 4. The topological polar surface area (TPSA) is 81.4 Å². The Morgan fingerprint density at radius 2 is 1.28 bits per heavy atom.